The number of carbonyl (C=O) groups excluding carboxylic acids is 1. The van der Waals surface area contributed by atoms with Crippen LogP contribution in [0.5, 0.6) is 0 Å². The van der Waals surface area contributed by atoms with E-state index in [9.17, 15) is 28.6 Å². The van der Waals surface area contributed by atoms with Gasteiger partial charge in [0.15, 0.2) is 0 Å². The smallest absolute Gasteiger partial charge is 0.353 e. The van der Waals surface area contributed by atoms with Gasteiger partial charge >= 0.3 is 5.97 Å². The van der Waals surface area contributed by atoms with E-state index in [0.29, 0.717) is 4.90 Å². The molecule has 2 aliphatic rings. The molecule has 0 aliphatic carbocycles. The number of aliphatic hydroxyl groups excluding tert-OH is 1. The minimum Gasteiger partial charge on any atom is -0.477 e. The molecule has 1 saturated heterocycles. The molecule has 1 fully saturated rings. The Morgan fingerprint density at radius 2 is 1.91 bits per heavy atom. The molecule has 0 saturated carbocycles. The lowest BCUT2D eigenvalue weighted by Crippen LogP contribution is -2.66. The molecule has 0 aromatic heterocycles. The molecule has 3 atom stereocenters. The van der Waals surface area contributed by atoms with Gasteiger partial charge in [-0.2, -0.15) is 8.78 Å². The molecule has 1 amide bonds. The number of aliphatic hydroxyl groups is 1. The third-order valence-electron chi connectivity index (χ3n) is 4.11. The number of alkyl halides is 2. The number of amides is 1. The first kappa shape index (κ1) is 14.6. The van der Waals surface area contributed by atoms with Gasteiger partial charge in [-0.05, 0) is 12.5 Å². The Labute approximate surface area is 124 Å². The van der Waals surface area contributed by atoms with E-state index >= 15 is 0 Å². The predicted molar refractivity (Wildman–Crippen MR) is 71.7 cm³/mol. The summed E-state index contributed by atoms with van der Waals surface area (Å²) < 4.78 is 29.5. The van der Waals surface area contributed by atoms with E-state index in [1.807, 2.05) is 0 Å². The largest absolute Gasteiger partial charge is 0.477 e. The maximum Gasteiger partial charge on any atom is 0.353 e. The molecule has 0 unspecified atom stereocenters. The SMILES string of the molecule is C[C@@H](O)[C@@H]1C(=O)N2C(C(=O)O)=C(c3ccccc3)C(F)(F)[C@@H]12. The second-order valence-corrected chi connectivity index (χ2v) is 5.44. The number of carbonyl (C=O) groups is 2. The summed E-state index contributed by atoms with van der Waals surface area (Å²) in [7, 11) is 0. The number of rotatable bonds is 3. The van der Waals surface area contributed by atoms with E-state index in [4.69, 9.17) is 0 Å². The second-order valence-electron chi connectivity index (χ2n) is 5.44. The number of hydrogen-bond donors (Lipinski definition) is 2. The van der Waals surface area contributed by atoms with Gasteiger partial charge in [-0.3, -0.25) is 9.69 Å². The molecule has 0 bridgehead atoms. The Bertz CT molecular complexity index is 684. The van der Waals surface area contributed by atoms with E-state index in [-0.39, 0.29) is 5.56 Å². The molecule has 5 nitrogen and oxygen atoms in total. The van der Waals surface area contributed by atoms with Crippen LogP contribution in [-0.4, -0.2) is 45.1 Å². The van der Waals surface area contributed by atoms with Gasteiger partial charge in [-0.1, -0.05) is 30.3 Å². The number of hydrogen-bond acceptors (Lipinski definition) is 3. The molecule has 2 heterocycles. The second kappa shape index (κ2) is 4.61. The lowest BCUT2D eigenvalue weighted by Gasteiger charge is -2.46. The molecule has 0 radical (unpaired) electrons. The van der Waals surface area contributed by atoms with Gasteiger partial charge in [0.05, 0.1) is 17.6 Å². The maximum atomic E-state index is 14.8. The highest BCUT2D eigenvalue weighted by Gasteiger charge is 2.70. The molecule has 0 spiro atoms. The first-order chi connectivity index (χ1) is 10.3. The van der Waals surface area contributed by atoms with Crippen molar-refractivity contribution in [3.63, 3.8) is 0 Å². The van der Waals surface area contributed by atoms with Crippen LogP contribution >= 0.6 is 0 Å². The number of β-lactam (4-membered cyclic amide) rings is 1. The molecule has 1 aromatic carbocycles. The van der Waals surface area contributed by atoms with Crippen LogP contribution in [0.3, 0.4) is 0 Å². The van der Waals surface area contributed by atoms with E-state index in [2.05, 4.69) is 0 Å². The van der Waals surface area contributed by atoms with Crippen LogP contribution in [0.15, 0.2) is 36.0 Å². The van der Waals surface area contributed by atoms with Gasteiger partial charge in [0.2, 0.25) is 5.91 Å². The molecule has 7 heteroatoms. The normalized spacial score (nSPS) is 27.5. The number of aliphatic carboxylic acids is 1. The lowest BCUT2D eigenvalue weighted by atomic mass is 9.80. The summed E-state index contributed by atoms with van der Waals surface area (Å²) in [5.74, 6) is -7.21. The zero-order chi connectivity index (χ0) is 16.2. The summed E-state index contributed by atoms with van der Waals surface area (Å²) in [4.78, 5) is 24.0. The molecule has 2 N–H and O–H groups in total. The summed E-state index contributed by atoms with van der Waals surface area (Å²) >= 11 is 0. The van der Waals surface area contributed by atoms with Gasteiger partial charge in [-0.25, -0.2) is 4.79 Å². The molecular formula is C15H13F2NO4. The Hall–Kier alpha value is -2.28. The maximum absolute atomic E-state index is 14.8. The van der Waals surface area contributed by atoms with Crippen LogP contribution in [0.2, 0.25) is 0 Å². The summed E-state index contributed by atoms with van der Waals surface area (Å²) in [6, 6.07) is 5.75. The van der Waals surface area contributed by atoms with Crippen LogP contribution < -0.4 is 0 Å². The number of halogens is 2. The number of carboxylic acids is 1. The van der Waals surface area contributed by atoms with Crippen molar-refractivity contribution in [1.82, 2.24) is 4.90 Å². The van der Waals surface area contributed by atoms with Crippen molar-refractivity contribution in [2.75, 3.05) is 0 Å². The van der Waals surface area contributed by atoms with Gasteiger partial charge in [-0.15, -0.1) is 0 Å². The number of carboxylic acid groups (broad SMARTS) is 1. The van der Waals surface area contributed by atoms with Crippen LogP contribution in [0.25, 0.3) is 5.57 Å². The van der Waals surface area contributed by atoms with Gasteiger partial charge in [0.1, 0.15) is 11.7 Å². The summed E-state index contributed by atoms with van der Waals surface area (Å²) in [5.41, 5.74) is -1.33. The van der Waals surface area contributed by atoms with Crippen LogP contribution in [0, 0.1) is 5.92 Å². The minimum absolute atomic E-state index is 0.0523. The number of benzene rings is 1. The average molecular weight is 309 g/mol. The molecule has 116 valence electrons. The zero-order valence-electron chi connectivity index (χ0n) is 11.5. The van der Waals surface area contributed by atoms with E-state index in [1.165, 1.54) is 31.2 Å². The zero-order valence-corrected chi connectivity index (χ0v) is 11.5. The fourth-order valence-electron chi connectivity index (χ4n) is 3.19. The first-order valence-electron chi connectivity index (χ1n) is 6.71. The standard InChI is InChI=1S/C15H13F2NO4/c1-7(19)9-12-15(16,17)10(8-5-3-2-4-6-8)11(14(21)22)18(12)13(9)20/h2-7,9,12,19H,1H3,(H,21,22)/t7-,9+,12-/m1/s1. The average Bonchev–Trinajstić information content (AvgIpc) is 2.64. The third kappa shape index (κ3) is 1.72. The number of fused-ring (bicyclic) bond motifs is 1. The van der Waals surface area contributed by atoms with Crippen molar-refractivity contribution in [3.8, 4) is 0 Å². The first-order valence-corrected chi connectivity index (χ1v) is 6.71. The summed E-state index contributed by atoms with van der Waals surface area (Å²) in [5, 5.41) is 18.9. The number of nitrogens with zero attached hydrogens (tertiary/aromatic N) is 1. The van der Waals surface area contributed by atoms with Crippen molar-refractivity contribution >= 4 is 17.4 Å². The van der Waals surface area contributed by atoms with Crippen molar-refractivity contribution in [1.29, 1.82) is 0 Å². The van der Waals surface area contributed by atoms with Crippen LogP contribution in [-0.2, 0) is 9.59 Å². The molecular weight excluding hydrogens is 296 g/mol. The quantitative estimate of drug-likeness (QED) is 0.826. The van der Waals surface area contributed by atoms with Crippen molar-refractivity contribution in [2.24, 2.45) is 5.92 Å². The fraction of sp³-hybridized carbons (Fsp3) is 0.333. The van der Waals surface area contributed by atoms with Crippen molar-refractivity contribution in [3.05, 3.63) is 41.6 Å². The van der Waals surface area contributed by atoms with Crippen LogP contribution in [0.1, 0.15) is 12.5 Å². The van der Waals surface area contributed by atoms with E-state index < -0.39 is 47.1 Å². The van der Waals surface area contributed by atoms with Gasteiger partial charge in [0.25, 0.3) is 5.92 Å². The fourth-order valence-corrected chi connectivity index (χ4v) is 3.19. The van der Waals surface area contributed by atoms with Crippen molar-refractivity contribution in [2.45, 2.75) is 25.0 Å². The van der Waals surface area contributed by atoms with Gasteiger partial charge < -0.3 is 10.2 Å². The summed E-state index contributed by atoms with van der Waals surface area (Å²) in [6.07, 6.45) is -1.27. The summed E-state index contributed by atoms with van der Waals surface area (Å²) in [6.45, 7) is 1.25. The molecule has 1 aromatic rings. The van der Waals surface area contributed by atoms with Crippen LogP contribution in [0.4, 0.5) is 8.78 Å². The Morgan fingerprint density at radius 3 is 2.41 bits per heavy atom. The van der Waals surface area contributed by atoms with E-state index in [1.54, 1.807) is 6.07 Å². The Balaban J connectivity index is 2.19. The van der Waals surface area contributed by atoms with Crippen molar-refractivity contribution < 1.29 is 28.6 Å². The topological polar surface area (TPSA) is 77.8 Å². The lowest BCUT2D eigenvalue weighted by molar-refractivity contribution is -0.176. The molecule has 2 aliphatic heterocycles. The minimum atomic E-state index is -3.54. The highest BCUT2D eigenvalue weighted by molar-refractivity contribution is 6.08. The molecule has 22 heavy (non-hydrogen) atoms. The van der Waals surface area contributed by atoms with Gasteiger partial charge in [0, 0.05) is 0 Å². The highest BCUT2D eigenvalue weighted by atomic mass is 19.3. The van der Waals surface area contributed by atoms with E-state index in [0.717, 1.165) is 0 Å². The molecule has 3 rings (SSSR count). The Kier molecular flexibility index (Phi) is 3.07. The Morgan fingerprint density at radius 1 is 1.32 bits per heavy atom. The highest BCUT2D eigenvalue weighted by Crippen LogP contribution is 2.55. The predicted octanol–water partition coefficient (Wildman–Crippen LogP) is 1.34. The third-order valence-corrected chi connectivity index (χ3v) is 4.11. The monoisotopic (exact) mass is 309 g/mol.